The predicted molar refractivity (Wildman–Crippen MR) is 62.6 cm³/mol. The van der Waals surface area contributed by atoms with Gasteiger partial charge in [0.05, 0.1) is 12.5 Å². The second-order valence-corrected chi connectivity index (χ2v) is 5.52. The fourth-order valence-corrected chi connectivity index (χ4v) is 1.76. The monoisotopic (exact) mass is 246 g/mol. The van der Waals surface area contributed by atoms with Gasteiger partial charge in [-0.25, -0.2) is 13.1 Å². The van der Waals surface area contributed by atoms with E-state index in [1.54, 1.807) is 4.68 Å². The normalized spacial score (nSPS) is 11.9. The van der Waals surface area contributed by atoms with Crippen molar-refractivity contribution in [1.29, 1.82) is 0 Å². The molecule has 0 aromatic carbocycles. The topological polar surface area (TPSA) is 76.0 Å². The first-order valence-corrected chi connectivity index (χ1v) is 6.99. The lowest BCUT2D eigenvalue weighted by atomic mass is 10.2. The Morgan fingerprint density at radius 3 is 2.69 bits per heavy atom. The summed E-state index contributed by atoms with van der Waals surface area (Å²) in [5.41, 5.74) is 1.17. The molecule has 1 heterocycles. The Morgan fingerprint density at radius 1 is 1.38 bits per heavy atom. The van der Waals surface area contributed by atoms with Crippen LogP contribution in [0.5, 0.6) is 0 Å². The van der Waals surface area contributed by atoms with Gasteiger partial charge in [0, 0.05) is 26.3 Å². The van der Waals surface area contributed by atoms with E-state index in [2.05, 4.69) is 15.1 Å². The van der Waals surface area contributed by atoms with Gasteiger partial charge in [-0.05, 0) is 18.5 Å². The number of sulfonamides is 1. The maximum absolute atomic E-state index is 10.7. The highest BCUT2D eigenvalue weighted by Gasteiger charge is 1.98. The Labute approximate surface area is 96.1 Å². The quantitative estimate of drug-likeness (QED) is 0.611. The lowest BCUT2D eigenvalue weighted by molar-refractivity contribution is 0.582. The lowest BCUT2D eigenvalue weighted by Crippen LogP contribution is -2.31. The van der Waals surface area contributed by atoms with Crippen molar-refractivity contribution in [2.75, 3.05) is 25.9 Å². The molecule has 0 aliphatic rings. The Morgan fingerprint density at radius 2 is 2.12 bits per heavy atom. The molecule has 1 aromatic heterocycles. The van der Waals surface area contributed by atoms with Gasteiger partial charge in [-0.3, -0.25) is 4.68 Å². The number of rotatable bonds is 7. The second-order valence-electron chi connectivity index (χ2n) is 3.69. The average Bonchev–Trinajstić information content (AvgIpc) is 2.56. The number of nitrogens with zero attached hydrogens (tertiary/aromatic N) is 2. The summed E-state index contributed by atoms with van der Waals surface area (Å²) in [6.07, 6.45) is 5.85. The van der Waals surface area contributed by atoms with E-state index >= 15 is 0 Å². The zero-order valence-electron chi connectivity index (χ0n) is 9.60. The average molecular weight is 246 g/mol. The predicted octanol–water partition coefficient (Wildman–Crippen LogP) is -0.899. The Balaban J connectivity index is 2.04. The van der Waals surface area contributed by atoms with Gasteiger partial charge in [0.25, 0.3) is 0 Å². The van der Waals surface area contributed by atoms with Crippen molar-refractivity contribution in [1.82, 2.24) is 19.8 Å². The Kier molecular flexibility index (Phi) is 4.91. The Bertz CT molecular complexity index is 413. The van der Waals surface area contributed by atoms with Gasteiger partial charge < -0.3 is 5.32 Å². The van der Waals surface area contributed by atoms with E-state index in [9.17, 15) is 8.42 Å². The number of aryl methyl sites for hydroxylation is 1. The third-order valence-electron chi connectivity index (χ3n) is 2.01. The standard InChI is InChI=1S/C9H18N4O2S/c1-13-8-9(7-11-13)3-4-10-5-6-12-16(2,14)15/h7-8,10,12H,3-6H2,1-2H3. The van der Waals surface area contributed by atoms with Crippen LogP contribution in [0.2, 0.25) is 0 Å². The number of nitrogens with one attached hydrogen (secondary N) is 2. The minimum absolute atomic E-state index is 0.422. The molecule has 16 heavy (non-hydrogen) atoms. The minimum atomic E-state index is -3.06. The van der Waals surface area contributed by atoms with Crippen LogP contribution in [0.15, 0.2) is 12.4 Å². The molecule has 0 atom stereocenters. The van der Waals surface area contributed by atoms with Gasteiger partial charge in [-0.2, -0.15) is 5.10 Å². The van der Waals surface area contributed by atoms with Crippen molar-refractivity contribution in [3.63, 3.8) is 0 Å². The van der Waals surface area contributed by atoms with Crippen LogP contribution >= 0.6 is 0 Å². The molecular weight excluding hydrogens is 228 g/mol. The lowest BCUT2D eigenvalue weighted by Gasteiger charge is -2.04. The second kappa shape index (κ2) is 5.97. The van der Waals surface area contributed by atoms with Crippen LogP contribution in [0.3, 0.4) is 0 Å². The molecule has 1 rings (SSSR count). The summed E-state index contributed by atoms with van der Waals surface area (Å²) in [4.78, 5) is 0. The molecule has 0 saturated carbocycles. The number of hydrogen-bond donors (Lipinski definition) is 2. The first-order valence-electron chi connectivity index (χ1n) is 5.10. The summed E-state index contributed by atoms with van der Waals surface area (Å²) in [6.45, 7) is 1.87. The summed E-state index contributed by atoms with van der Waals surface area (Å²) in [5, 5.41) is 7.21. The zero-order chi connectivity index (χ0) is 12.0. The van der Waals surface area contributed by atoms with E-state index in [-0.39, 0.29) is 0 Å². The van der Waals surface area contributed by atoms with Gasteiger partial charge in [0.1, 0.15) is 0 Å². The summed E-state index contributed by atoms with van der Waals surface area (Å²) in [6, 6.07) is 0. The zero-order valence-corrected chi connectivity index (χ0v) is 10.4. The molecule has 1 aromatic rings. The molecule has 0 aliphatic carbocycles. The summed E-state index contributed by atoms with van der Waals surface area (Å²) in [7, 11) is -1.18. The minimum Gasteiger partial charge on any atom is -0.315 e. The highest BCUT2D eigenvalue weighted by molar-refractivity contribution is 7.88. The van der Waals surface area contributed by atoms with Crippen molar-refractivity contribution in [3.8, 4) is 0 Å². The fraction of sp³-hybridized carbons (Fsp3) is 0.667. The molecule has 2 N–H and O–H groups in total. The molecule has 92 valence electrons. The highest BCUT2D eigenvalue weighted by atomic mass is 32.2. The molecule has 0 saturated heterocycles. The smallest absolute Gasteiger partial charge is 0.208 e. The van der Waals surface area contributed by atoms with Crippen LogP contribution in [0.4, 0.5) is 0 Å². The van der Waals surface area contributed by atoms with Gasteiger partial charge in [0.2, 0.25) is 10.0 Å². The molecule has 7 heteroatoms. The summed E-state index contributed by atoms with van der Waals surface area (Å²) in [5.74, 6) is 0. The fourth-order valence-electron chi connectivity index (χ4n) is 1.28. The molecule has 0 aliphatic heterocycles. The van der Waals surface area contributed by atoms with E-state index in [1.807, 2.05) is 19.4 Å². The van der Waals surface area contributed by atoms with Crippen LogP contribution in [0.25, 0.3) is 0 Å². The van der Waals surface area contributed by atoms with Crippen molar-refractivity contribution in [2.24, 2.45) is 7.05 Å². The number of aromatic nitrogens is 2. The van der Waals surface area contributed by atoms with E-state index in [0.717, 1.165) is 19.2 Å². The first-order chi connectivity index (χ1) is 7.47. The molecular formula is C9H18N4O2S. The van der Waals surface area contributed by atoms with Gasteiger partial charge >= 0.3 is 0 Å². The van der Waals surface area contributed by atoms with Crippen LogP contribution < -0.4 is 10.0 Å². The third-order valence-corrected chi connectivity index (χ3v) is 2.74. The molecule has 0 amide bonds. The molecule has 0 spiro atoms. The highest BCUT2D eigenvalue weighted by Crippen LogP contribution is 1.95. The maximum atomic E-state index is 10.7. The Hall–Kier alpha value is -0.920. The molecule has 0 fully saturated rings. The van der Waals surface area contributed by atoms with Crippen LogP contribution in [0.1, 0.15) is 5.56 Å². The van der Waals surface area contributed by atoms with E-state index < -0.39 is 10.0 Å². The van der Waals surface area contributed by atoms with Crippen LogP contribution in [0, 0.1) is 0 Å². The summed E-state index contributed by atoms with van der Waals surface area (Å²) < 4.78 is 25.7. The molecule has 0 radical (unpaired) electrons. The SMILES string of the molecule is Cn1cc(CCNCCNS(C)(=O)=O)cn1. The molecule has 6 nitrogen and oxygen atoms in total. The van der Waals surface area contributed by atoms with E-state index in [0.29, 0.717) is 13.1 Å². The summed E-state index contributed by atoms with van der Waals surface area (Å²) >= 11 is 0. The van der Waals surface area contributed by atoms with Crippen molar-refractivity contribution in [2.45, 2.75) is 6.42 Å². The third kappa shape index (κ3) is 5.84. The van der Waals surface area contributed by atoms with E-state index in [4.69, 9.17) is 0 Å². The van der Waals surface area contributed by atoms with Gasteiger partial charge in [-0.15, -0.1) is 0 Å². The largest absolute Gasteiger partial charge is 0.315 e. The van der Waals surface area contributed by atoms with Crippen molar-refractivity contribution < 1.29 is 8.42 Å². The number of hydrogen-bond acceptors (Lipinski definition) is 4. The van der Waals surface area contributed by atoms with Gasteiger partial charge in [-0.1, -0.05) is 0 Å². The first kappa shape index (κ1) is 13.1. The van der Waals surface area contributed by atoms with Crippen LogP contribution in [-0.4, -0.2) is 44.1 Å². The van der Waals surface area contributed by atoms with Crippen molar-refractivity contribution >= 4 is 10.0 Å². The maximum Gasteiger partial charge on any atom is 0.208 e. The molecule has 0 bridgehead atoms. The van der Waals surface area contributed by atoms with Crippen molar-refractivity contribution in [3.05, 3.63) is 18.0 Å². The molecule has 0 unspecified atom stereocenters. The van der Waals surface area contributed by atoms with Crippen LogP contribution in [-0.2, 0) is 23.5 Å². The van der Waals surface area contributed by atoms with E-state index in [1.165, 1.54) is 5.56 Å². The van der Waals surface area contributed by atoms with Gasteiger partial charge in [0.15, 0.2) is 0 Å².